The number of hydrogen-bond acceptors (Lipinski definition) is 4. The number of aliphatic hydroxyl groups excluding tert-OH is 1. The Kier molecular flexibility index (Phi) is 2.39. The third kappa shape index (κ3) is 1.71. The van der Waals surface area contributed by atoms with Crippen LogP contribution in [0.3, 0.4) is 0 Å². The molecule has 2 aliphatic rings. The maximum Gasteiger partial charge on any atom is 0.241 e. The van der Waals surface area contributed by atoms with Crippen LogP contribution in [0.4, 0.5) is 0 Å². The Morgan fingerprint density at radius 3 is 2.71 bits per heavy atom. The van der Waals surface area contributed by atoms with Crippen LogP contribution in [0.15, 0.2) is 0 Å². The van der Waals surface area contributed by atoms with Crippen LogP contribution in [0.2, 0.25) is 0 Å². The first-order valence-electron chi connectivity index (χ1n) is 4.64. The first-order valence-corrected chi connectivity index (χ1v) is 4.64. The molecule has 2 heterocycles. The van der Waals surface area contributed by atoms with Crippen molar-refractivity contribution in [1.82, 2.24) is 15.5 Å². The minimum absolute atomic E-state index is 0.0460. The quantitative estimate of drug-likeness (QED) is 0.428. The lowest BCUT2D eigenvalue weighted by Gasteiger charge is -2.39. The molecule has 2 fully saturated rings. The first kappa shape index (κ1) is 9.42. The summed E-state index contributed by atoms with van der Waals surface area (Å²) < 4.78 is 0. The number of β-amino-alcohol motifs (C(OH)–C–C–N with tert-alkyl or cyclic N) is 1. The summed E-state index contributed by atoms with van der Waals surface area (Å²) in [6, 6.07) is -0.333. The van der Waals surface area contributed by atoms with Gasteiger partial charge in [-0.05, 0) is 0 Å². The Morgan fingerprint density at radius 2 is 2.21 bits per heavy atom. The molecule has 0 aromatic heterocycles. The van der Waals surface area contributed by atoms with E-state index in [1.54, 1.807) is 4.90 Å². The maximum atomic E-state index is 11.6. The average molecular weight is 199 g/mol. The van der Waals surface area contributed by atoms with Gasteiger partial charge in [-0.25, -0.2) is 0 Å². The Hall–Kier alpha value is -1.14. The molecule has 0 aromatic carbocycles. The zero-order valence-electron chi connectivity index (χ0n) is 7.69. The van der Waals surface area contributed by atoms with E-state index < -0.39 is 0 Å². The lowest BCUT2D eigenvalue weighted by molar-refractivity contribution is -0.144. The van der Waals surface area contributed by atoms with Gasteiger partial charge < -0.3 is 15.3 Å². The fraction of sp³-hybridized carbons (Fsp3) is 0.750. The molecule has 6 nitrogen and oxygen atoms in total. The van der Waals surface area contributed by atoms with E-state index in [4.69, 9.17) is 5.11 Å². The molecular weight excluding hydrogens is 186 g/mol. The van der Waals surface area contributed by atoms with Crippen molar-refractivity contribution in [3.63, 3.8) is 0 Å². The van der Waals surface area contributed by atoms with Crippen LogP contribution in [0.25, 0.3) is 0 Å². The molecule has 0 radical (unpaired) electrons. The van der Waals surface area contributed by atoms with Gasteiger partial charge in [-0.2, -0.15) is 0 Å². The molecule has 2 aliphatic heterocycles. The number of hydrogen-bond donors (Lipinski definition) is 3. The van der Waals surface area contributed by atoms with Crippen LogP contribution in [-0.4, -0.2) is 60.1 Å². The van der Waals surface area contributed by atoms with E-state index in [9.17, 15) is 9.59 Å². The standard InChI is InChI=1S/C8H13N3O3/c12-5-3-11(4-5)8(14)6-1-10-7(13)2-9-6/h5-6,9,12H,1-4H2,(H,10,13). The molecule has 2 amide bonds. The van der Waals surface area contributed by atoms with E-state index in [1.165, 1.54) is 0 Å². The number of rotatable bonds is 1. The van der Waals surface area contributed by atoms with E-state index >= 15 is 0 Å². The summed E-state index contributed by atoms with van der Waals surface area (Å²) in [4.78, 5) is 24.0. The third-order valence-corrected chi connectivity index (χ3v) is 2.48. The summed E-state index contributed by atoms with van der Waals surface area (Å²) >= 11 is 0. The molecule has 14 heavy (non-hydrogen) atoms. The van der Waals surface area contributed by atoms with Gasteiger partial charge in [-0.3, -0.25) is 14.9 Å². The lowest BCUT2D eigenvalue weighted by atomic mass is 10.1. The summed E-state index contributed by atoms with van der Waals surface area (Å²) in [6.07, 6.45) is -0.378. The summed E-state index contributed by atoms with van der Waals surface area (Å²) in [5, 5.41) is 14.5. The predicted octanol–water partition coefficient (Wildman–Crippen LogP) is -2.72. The highest BCUT2D eigenvalue weighted by atomic mass is 16.3. The van der Waals surface area contributed by atoms with Gasteiger partial charge in [0.25, 0.3) is 0 Å². The Bertz CT molecular complexity index is 253. The molecule has 1 atom stereocenters. The van der Waals surface area contributed by atoms with Crippen molar-refractivity contribution < 1.29 is 14.7 Å². The molecule has 2 rings (SSSR count). The number of nitrogens with one attached hydrogen (secondary N) is 2. The van der Waals surface area contributed by atoms with Crippen LogP contribution < -0.4 is 10.6 Å². The summed E-state index contributed by atoms with van der Waals surface area (Å²) in [5.74, 6) is -0.131. The van der Waals surface area contributed by atoms with Gasteiger partial charge in [-0.1, -0.05) is 0 Å². The largest absolute Gasteiger partial charge is 0.389 e. The van der Waals surface area contributed by atoms with Gasteiger partial charge >= 0.3 is 0 Å². The Balaban J connectivity index is 1.83. The highest BCUT2D eigenvalue weighted by Gasteiger charge is 2.34. The number of piperazine rings is 1. The van der Waals surface area contributed by atoms with E-state index in [0.29, 0.717) is 19.6 Å². The van der Waals surface area contributed by atoms with E-state index in [1.807, 2.05) is 0 Å². The van der Waals surface area contributed by atoms with Gasteiger partial charge in [0.1, 0.15) is 6.04 Å². The van der Waals surface area contributed by atoms with Crippen molar-refractivity contribution in [3.05, 3.63) is 0 Å². The van der Waals surface area contributed by atoms with Gasteiger partial charge in [0.05, 0.1) is 12.6 Å². The van der Waals surface area contributed by atoms with Crippen LogP contribution in [0, 0.1) is 0 Å². The van der Waals surface area contributed by atoms with Gasteiger partial charge in [0.2, 0.25) is 11.8 Å². The third-order valence-electron chi connectivity index (χ3n) is 2.48. The molecule has 1 unspecified atom stereocenters. The molecule has 0 aromatic rings. The number of nitrogens with zero attached hydrogens (tertiary/aromatic N) is 1. The monoisotopic (exact) mass is 199 g/mol. The molecule has 0 bridgehead atoms. The maximum absolute atomic E-state index is 11.6. The minimum Gasteiger partial charge on any atom is -0.389 e. The molecule has 0 aliphatic carbocycles. The molecule has 2 saturated heterocycles. The van der Waals surface area contributed by atoms with Crippen LogP contribution in [0.5, 0.6) is 0 Å². The molecule has 0 spiro atoms. The molecule has 6 heteroatoms. The van der Waals surface area contributed by atoms with Crippen molar-refractivity contribution in [3.8, 4) is 0 Å². The van der Waals surface area contributed by atoms with Crippen molar-refractivity contribution in [2.45, 2.75) is 12.1 Å². The van der Waals surface area contributed by atoms with Crippen LogP contribution in [0.1, 0.15) is 0 Å². The van der Waals surface area contributed by atoms with E-state index in [0.717, 1.165) is 0 Å². The normalized spacial score (nSPS) is 28.2. The van der Waals surface area contributed by atoms with E-state index in [-0.39, 0.29) is 30.5 Å². The number of aliphatic hydroxyl groups is 1. The molecule has 3 N–H and O–H groups in total. The first-order chi connectivity index (χ1) is 6.66. The number of amides is 2. The van der Waals surface area contributed by atoms with Crippen LogP contribution >= 0.6 is 0 Å². The summed E-state index contributed by atoms with van der Waals surface area (Å²) in [6.45, 7) is 1.34. The zero-order chi connectivity index (χ0) is 10.1. The van der Waals surface area contributed by atoms with Crippen LogP contribution in [-0.2, 0) is 9.59 Å². The average Bonchev–Trinajstić information content (AvgIpc) is 2.13. The Labute approximate surface area is 81.3 Å². The smallest absolute Gasteiger partial charge is 0.241 e. The van der Waals surface area contributed by atoms with Gasteiger partial charge in [0.15, 0.2) is 0 Å². The zero-order valence-corrected chi connectivity index (χ0v) is 7.69. The number of likely N-dealkylation sites (tertiary alicyclic amines) is 1. The predicted molar refractivity (Wildman–Crippen MR) is 47.4 cm³/mol. The van der Waals surface area contributed by atoms with E-state index in [2.05, 4.69) is 10.6 Å². The van der Waals surface area contributed by atoms with Gasteiger partial charge in [-0.15, -0.1) is 0 Å². The number of carbonyl (C=O) groups is 2. The van der Waals surface area contributed by atoms with Crippen molar-refractivity contribution in [2.24, 2.45) is 0 Å². The topological polar surface area (TPSA) is 81.7 Å². The minimum atomic E-state index is -0.378. The molecular formula is C8H13N3O3. The second-order valence-electron chi connectivity index (χ2n) is 3.63. The fourth-order valence-electron chi connectivity index (χ4n) is 1.60. The fourth-order valence-corrected chi connectivity index (χ4v) is 1.60. The van der Waals surface area contributed by atoms with Gasteiger partial charge in [0, 0.05) is 19.6 Å². The lowest BCUT2D eigenvalue weighted by Crippen LogP contribution is -2.63. The highest BCUT2D eigenvalue weighted by molar-refractivity contribution is 5.87. The Morgan fingerprint density at radius 1 is 1.50 bits per heavy atom. The van der Waals surface area contributed by atoms with Crippen molar-refractivity contribution in [1.29, 1.82) is 0 Å². The highest BCUT2D eigenvalue weighted by Crippen LogP contribution is 2.09. The summed E-state index contributed by atoms with van der Waals surface area (Å²) in [7, 11) is 0. The number of carbonyl (C=O) groups excluding carboxylic acids is 2. The molecule has 78 valence electrons. The molecule has 0 saturated carbocycles. The SMILES string of the molecule is O=C1CNC(C(=O)N2CC(O)C2)CN1. The summed E-state index contributed by atoms with van der Waals surface area (Å²) in [5.41, 5.74) is 0. The second-order valence-corrected chi connectivity index (χ2v) is 3.63. The second kappa shape index (κ2) is 3.55. The van der Waals surface area contributed by atoms with Crippen molar-refractivity contribution in [2.75, 3.05) is 26.2 Å². The van der Waals surface area contributed by atoms with Crippen molar-refractivity contribution >= 4 is 11.8 Å².